The second kappa shape index (κ2) is 8.31. The number of rotatable bonds is 6. The minimum Gasteiger partial charge on any atom is -0.340 e. The number of carbonyl (C=O) groups is 1. The summed E-state index contributed by atoms with van der Waals surface area (Å²) in [5, 5.41) is 0. The maximum Gasteiger partial charge on any atom is 0.250 e. The number of hydrogen-bond donors (Lipinski definition) is 0. The Morgan fingerprint density at radius 2 is 2.12 bits per heavy atom. The molecule has 0 aromatic carbocycles. The van der Waals surface area contributed by atoms with Crippen LogP contribution in [-0.4, -0.2) is 63.6 Å². The molecule has 140 valence electrons. The molecule has 26 heavy (non-hydrogen) atoms. The zero-order valence-electron chi connectivity index (χ0n) is 15.5. The second-order valence-corrected chi connectivity index (χ2v) is 7.13. The predicted molar refractivity (Wildman–Crippen MR) is 100 cm³/mol. The van der Waals surface area contributed by atoms with E-state index in [2.05, 4.69) is 28.5 Å². The van der Waals surface area contributed by atoms with Crippen LogP contribution < -0.4 is 5.56 Å². The molecule has 3 rings (SSSR count). The van der Waals surface area contributed by atoms with Crippen LogP contribution in [0.5, 0.6) is 0 Å². The first kappa shape index (κ1) is 18.4. The molecule has 2 aromatic rings. The minimum atomic E-state index is -0.145. The zero-order chi connectivity index (χ0) is 18.5. The molecule has 0 aliphatic carbocycles. The third-order valence-corrected chi connectivity index (χ3v) is 4.88. The molecule has 1 unspecified atom stereocenters. The van der Waals surface area contributed by atoms with Crippen LogP contribution in [0.25, 0.3) is 0 Å². The van der Waals surface area contributed by atoms with E-state index in [4.69, 9.17) is 0 Å². The van der Waals surface area contributed by atoms with E-state index >= 15 is 0 Å². The highest BCUT2D eigenvalue weighted by Crippen LogP contribution is 2.26. The molecule has 7 heteroatoms. The lowest BCUT2D eigenvalue weighted by atomic mass is 9.97. The third kappa shape index (κ3) is 4.40. The van der Waals surface area contributed by atoms with E-state index in [1.807, 2.05) is 17.3 Å². The van der Waals surface area contributed by atoms with E-state index in [1.54, 1.807) is 18.3 Å². The van der Waals surface area contributed by atoms with Gasteiger partial charge < -0.3 is 18.9 Å². The van der Waals surface area contributed by atoms with E-state index in [0.717, 1.165) is 38.3 Å². The summed E-state index contributed by atoms with van der Waals surface area (Å²) in [6, 6.07) is 4.94. The Hall–Kier alpha value is -2.41. The maximum atomic E-state index is 12.7. The molecule has 0 saturated carbocycles. The van der Waals surface area contributed by atoms with Gasteiger partial charge in [-0.25, -0.2) is 4.98 Å². The monoisotopic (exact) mass is 357 g/mol. The fraction of sp³-hybridized carbons (Fsp3) is 0.526. The van der Waals surface area contributed by atoms with E-state index in [-0.39, 0.29) is 23.9 Å². The van der Waals surface area contributed by atoms with Crippen LogP contribution in [0.3, 0.4) is 0 Å². The van der Waals surface area contributed by atoms with Gasteiger partial charge >= 0.3 is 0 Å². The van der Waals surface area contributed by atoms with Gasteiger partial charge in [0.15, 0.2) is 0 Å². The Balaban J connectivity index is 1.66. The quantitative estimate of drug-likeness (QED) is 0.774. The Bertz CT molecular complexity index is 795. The highest BCUT2D eigenvalue weighted by atomic mass is 16.2. The van der Waals surface area contributed by atoms with Gasteiger partial charge in [-0.1, -0.05) is 6.07 Å². The topological polar surface area (TPSA) is 63.4 Å². The van der Waals surface area contributed by atoms with Crippen LogP contribution in [0, 0.1) is 0 Å². The van der Waals surface area contributed by atoms with Crippen molar-refractivity contribution in [1.82, 2.24) is 23.9 Å². The number of pyridine rings is 1. The molecule has 0 radical (unpaired) electrons. The number of piperidine rings is 1. The minimum absolute atomic E-state index is 0.00519. The fourth-order valence-electron chi connectivity index (χ4n) is 3.43. The molecule has 7 nitrogen and oxygen atoms in total. The van der Waals surface area contributed by atoms with Gasteiger partial charge in [-0.15, -0.1) is 0 Å². The molecular formula is C19H27N5O2. The van der Waals surface area contributed by atoms with Crippen molar-refractivity contribution >= 4 is 5.91 Å². The summed E-state index contributed by atoms with van der Waals surface area (Å²) in [5.41, 5.74) is -0.145. The summed E-state index contributed by atoms with van der Waals surface area (Å²) in [4.78, 5) is 33.1. The van der Waals surface area contributed by atoms with Gasteiger partial charge in [-0.2, -0.15) is 0 Å². The molecule has 0 N–H and O–H groups in total. The van der Waals surface area contributed by atoms with Gasteiger partial charge in [0, 0.05) is 56.8 Å². The third-order valence-electron chi connectivity index (χ3n) is 4.88. The molecule has 0 bridgehead atoms. The summed E-state index contributed by atoms with van der Waals surface area (Å²) in [7, 11) is 4.12. The van der Waals surface area contributed by atoms with Gasteiger partial charge in [-0.05, 0) is 33.0 Å². The number of imidazole rings is 1. The predicted octanol–water partition coefficient (Wildman–Crippen LogP) is 1.01. The van der Waals surface area contributed by atoms with E-state index < -0.39 is 0 Å². The Morgan fingerprint density at radius 3 is 2.88 bits per heavy atom. The first-order valence-electron chi connectivity index (χ1n) is 9.13. The number of hydrogen-bond acceptors (Lipinski definition) is 4. The molecule has 3 heterocycles. The molecule has 1 aliphatic rings. The normalized spacial score (nSPS) is 17.7. The van der Waals surface area contributed by atoms with Crippen molar-refractivity contribution < 1.29 is 4.79 Å². The Kier molecular flexibility index (Phi) is 5.88. The average Bonchev–Trinajstić information content (AvgIpc) is 3.10. The van der Waals surface area contributed by atoms with Crippen LogP contribution in [0.2, 0.25) is 0 Å². The number of nitrogens with zero attached hydrogens (tertiary/aromatic N) is 5. The number of likely N-dealkylation sites (N-methyl/N-ethyl adjacent to an activating group) is 1. The SMILES string of the molecule is CN(C)CCn1ccnc1C1CCCN(C(=O)Cn2ccccc2=O)C1. The van der Waals surface area contributed by atoms with Crippen molar-refractivity contribution in [2.75, 3.05) is 33.7 Å². The molecule has 1 fully saturated rings. The molecule has 0 spiro atoms. The van der Waals surface area contributed by atoms with E-state index in [0.29, 0.717) is 6.54 Å². The summed E-state index contributed by atoms with van der Waals surface area (Å²) in [6.07, 6.45) is 7.52. The van der Waals surface area contributed by atoms with Gasteiger partial charge in [0.25, 0.3) is 5.56 Å². The maximum absolute atomic E-state index is 12.7. The molecule has 1 amide bonds. The summed E-state index contributed by atoms with van der Waals surface area (Å²) >= 11 is 0. The lowest BCUT2D eigenvalue weighted by Crippen LogP contribution is -2.42. The van der Waals surface area contributed by atoms with Crippen molar-refractivity contribution in [2.45, 2.75) is 31.8 Å². The van der Waals surface area contributed by atoms with Crippen molar-refractivity contribution in [1.29, 1.82) is 0 Å². The number of amides is 1. The first-order valence-corrected chi connectivity index (χ1v) is 9.13. The van der Waals surface area contributed by atoms with Crippen LogP contribution in [0.1, 0.15) is 24.6 Å². The highest BCUT2D eigenvalue weighted by molar-refractivity contribution is 5.76. The van der Waals surface area contributed by atoms with Crippen LogP contribution in [-0.2, 0) is 17.9 Å². The van der Waals surface area contributed by atoms with Crippen molar-refractivity contribution in [3.63, 3.8) is 0 Å². The summed E-state index contributed by atoms with van der Waals surface area (Å²) in [6.45, 7) is 3.36. The highest BCUT2D eigenvalue weighted by Gasteiger charge is 2.27. The standard InChI is InChI=1S/C19H27N5O2/c1-21(2)12-13-22-11-8-20-19(22)16-6-5-10-23(14-16)18(26)15-24-9-4-3-7-17(24)25/h3-4,7-9,11,16H,5-6,10,12-15H2,1-2H3. The van der Waals surface area contributed by atoms with Crippen molar-refractivity contribution in [3.05, 3.63) is 53.0 Å². The number of likely N-dealkylation sites (tertiary alicyclic amines) is 1. The van der Waals surface area contributed by atoms with Crippen molar-refractivity contribution in [3.8, 4) is 0 Å². The molecular weight excluding hydrogens is 330 g/mol. The molecule has 2 aromatic heterocycles. The second-order valence-electron chi connectivity index (χ2n) is 7.13. The summed E-state index contributed by atoms with van der Waals surface area (Å²) in [5.74, 6) is 1.30. The van der Waals surface area contributed by atoms with Gasteiger partial charge in [-0.3, -0.25) is 9.59 Å². The number of aromatic nitrogens is 3. The van der Waals surface area contributed by atoms with Gasteiger partial charge in [0.1, 0.15) is 12.4 Å². The average molecular weight is 357 g/mol. The van der Waals surface area contributed by atoms with Crippen molar-refractivity contribution in [2.24, 2.45) is 0 Å². The van der Waals surface area contributed by atoms with Crippen LogP contribution in [0.15, 0.2) is 41.6 Å². The lowest BCUT2D eigenvalue weighted by Gasteiger charge is -2.33. The molecule has 1 aliphatic heterocycles. The Labute approximate surface area is 153 Å². The first-order chi connectivity index (χ1) is 12.5. The Morgan fingerprint density at radius 1 is 1.27 bits per heavy atom. The van der Waals surface area contributed by atoms with E-state index in [1.165, 1.54) is 10.6 Å². The largest absolute Gasteiger partial charge is 0.340 e. The molecule has 1 atom stereocenters. The zero-order valence-corrected chi connectivity index (χ0v) is 15.5. The molecule has 1 saturated heterocycles. The summed E-state index contributed by atoms with van der Waals surface area (Å²) < 4.78 is 3.66. The van der Waals surface area contributed by atoms with Gasteiger partial charge in [0.2, 0.25) is 5.91 Å². The van der Waals surface area contributed by atoms with Crippen LogP contribution >= 0.6 is 0 Å². The lowest BCUT2D eigenvalue weighted by molar-refractivity contribution is -0.133. The fourth-order valence-corrected chi connectivity index (χ4v) is 3.43. The van der Waals surface area contributed by atoms with Gasteiger partial charge in [0.05, 0.1) is 0 Å². The van der Waals surface area contributed by atoms with Crippen LogP contribution in [0.4, 0.5) is 0 Å². The number of carbonyl (C=O) groups excluding carboxylic acids is 1. The van der Waals surface area contributed by atoms with E-state index in [9.17, 15) is 9.59 Å². The smallest absolute Gasteiger partial charge is 0.250 e.